The Morgan fingerprint density at radius 1 is 0.800 bits per heavy atom. The Balaban J connectivity index is 2.85. The number of fused-ring (bicyclic) bond motifs is 1. The summed E-state index contributed by atoms with van der Waals surface area (Å²) in [4.78, 5) is 0. The SMILES string of the molecule is CCOc1c(CBr)c(CBr)c(OCC)c2ccccc12. The van der Waals surface area contributed by atoms with Crippen LogP contribution >= 0.6 is 31.9 Å². The van der Waals surface area contributed by atoms with E-state index in [-0.39, 0.29) is 0 Å². The van der Waals surface area contributed by atoms with Gasteiger partial charge in [-0.15, -0.1) is 0 Å². The number of benzene rings is 2. The molecule has 0 unspecified atom stereocenters. The maximum absolute atomic E-state index is 5.91. The van der Waals surface area contributed by atoms with Gasteiger partial charge in [-0.05, 0) is 13.8 Å². The topological polar surface area (TPSA) is 18.5 Å². The monoisotopic (exact) mass is 400 g/mol. The van der Waals surface area contributed by atoms with E-state index in [1.807, 2.05) is 26.0 Å². The number of halogens is 2. The highest BCUT2D eigenvalue weighted by Crippen LogP contribution is 2.42. The summed E-state index contributed by atoms with van der Waals surface area (Å²) in [6.07, 6.45) is 0. The predicted molar refractivity (Wildman–Crippen MR) is 91.5 cm³/mol. The van der Waals surface area contributed by atoms with Crippen molar-refractivity contribution in [2.75, 3.05) is 13.2 Å². The van der Waals surface area contributed by atoms with Gasteiger partial charge in [-0.1, -0.05) is 56.1 Å². The fourth-order valence-corrected chi connectivity index (χ4v) is 3.57. The van der Waals surface area contributed by atoms with Gasteiger partial charge in [-0.2, -0.15) is 0 Å². The van der Waals surface area contributed by atoms with E-state index in [1.165, 1.54) is 0 Å². The molecule has 0 saturated carbocycles. The van der Waals surface area contributed by atoms with Crippen molar-refractivity contribution < 1.29 is 9.47 Å². The average molecular weight is 402 g/mol. The van der Waals surface area contributed by atoms with Crippen LogP contribution in [0.25, 0.3) is 10.8 Å². The first-order valence-corrected chi connectivity index (χ1v) is 8.96. The highest BCUT2D eigenvalue weighted by atomic mass is 79.9. The van der Waals surface area contributed by atoms with Crippen molar-refractivity contribution in [1.82, 2.24) is 0 Å². The minimum atomic E-state index is 0.652. The van der Waals surface area contributed by atoms with Gasteiger partial charge in [0.15, 0.2) is 0 Å². The Morgan fingerprint density at radius 2 is 1.20 bits per heavy atom. The second kappa shape index (κ2) is 7.32. The summed E-state index contributed by atoms with van der Waals surface area (Å²) < 4.78 is 11.8. The third kappa shape index (κ3) is 2.82. The first-order chi connectivity index (χ1) is 9.78. The Hall–Kier alpha value is -0.740. The molecule has 0 aromatic heterocycles. The zero-order chi connectivity index (χ0) is 14.5. The van der Waals surface area contributed by atoms with Crippen molar-refractivity contribution in [3.05, 3.63) is 35.4 Å². The van der Waals surface area contributed by atoms with Gasteiger partial charge in [-0.25, -0.2) is 0 Å². The summed E-state index contributed by atoms with van der Waals surface area (Å²) in [7, 11) is 0. The number of hydrogen-bond acceptors (Lipinski definition) is 2. The van der Waals surface area contributed by atoms with Gasteiger partial charge >= 0.3 is 0 Å². The molecule has 0 N–H and O–H groups in total. The molecule has 0 aliphatic heterocycles. The molecule has 108 valence electrons. The molecule has 2 nitrogen and oxygen atoms in total. The van der Waals surface area contributed by atoms with Crippen molar-refractivity contribution in [3.8, 4) is 11.5 Å². The molecule has 0 spiro atoms. The summed E-state index contributed by atoms with van der Waals surface area (Å²) in [5, 5.41) is 3.71. The molecule has 0 fully saturated rings. The highest BCUT2D eigenvalue weighted by molar-refractivity contribution is 9.09. The standard InChI is InChI=1S/C16H18Br2O2/c1-3-19-15-11-7-5-6-8-12(11)16(20-4-2)14(10-18)13(15)9-17/h5-8H,3-4,9-10H2,1-2H3. The molecule has 0 heterocycles. The molecule has 0 aliphatic carbocycles. The summed E-state index contributed by atoms with van der Waals surface area (Å²) in [5.74, 6) is 1.91. The van der Waals surface area contributed by atoms with E-state index < -0.39 is 0 Å². The lowest BCUT2D eigenvalue weighted by atomic mass is 9.99. The second-order valence-corrected chi connectivity index (χ2v) is 5.42. The summed E-state index contributed by atoms with van der Waals surface area (Å²) in [6, 6.07) is 8.25. The molecule has 2 aromatic rings. The normalized spacial score (nSPS) is 10.8. The van der Waals surface area contributed by atoms with Crippen LogP contribution in [-0.4, -0.2) is 13.2 Å². The number of rotatable bonds is 6. The van der Waals surface area contributed by atoms with Crippen LogP contribution in [0.2, 0.25) is 0 Å². The third-order valence-corrected chi connectivity index (χ3v) is 4.29. The van der Waals surface area contributed by atoms with Crippen LogP contribution in [0.1, 0.15) is 25.0 Å². The Labute approximate surface area is 136 Å². The van der Waals surface area contributed by atoms with Crippen LogP contribution in [0.3, 0.4) is 0 Å². The molecule has 0 bridgehead atoms. The minimum absolute atomic E-state index is 0.652. The van der Waals surface area contributed by atoms with Crippen LogP contribution < -0.4 is 9.47 Å². The molecule has 2 aromatic carbocycles. The van der Waals surface area contributed by atoms with Crippen molar-refractivity contribution in [2.45, 2.75) is 24.5 Å². The van der Waals surface area contributed by atoms with Gasteiger partial charge < -0.3 is 9.47 Å². The van der Waals surface area contributed by atoms with Gasteiger partial charge in [-0.3, -0.25) is 0 Å². The van der Waals surface area contributed by atoms with Gasteiger partial charge in [0.25, 0.3) is 0 Å². The molecule has 0 atom stereocenters. The average Bonchev–Trinajstić information content (AvgIpc) is 2.49. The largest absolute Gasteiger partial charge is 0.493 e. The van der Waals surface area contributed by atoms with Crippen molar-refractivity contribution >= 4 is 42.6 Å². The van der Waals surface area contributed by atoms with Crippen LogP contribution in [0.15, 0.2) is 24.3 Å². The molecule has 4 heteroatoms. The quantitative estimate of drug-likeness (QED) is 0.601. The van der Waals surface area contributed by atoms with E-state index in [0.717, 1.165) is 44.1 Å². The first kappa shape index (κ1) is 15.6. The number of ether oxygens (including phenoxy) is 2. The number of hydrogen-bond donors (Lipinski definition) is 0. The molecular formula is C16H18Br2O2. The summed E-state index contributed by atoms with van der Waals surface area (Å²) in [5.41, 5.74) is 2.32. The lowest BCUT2D eigenvalue weighted by molar-refractivity contribution is 0.332. The van der Waals surface area contributed by atoms with E-state index >= 15 is 0 Å². The van der Waals surface area contributed by atoms with E-state index in [0.29, 0.717) is 13.2 Å². The Kier molecular flexibility index (Phi) is 5.73. The van der Waals surface area contributed by atoms with E-state index in [2.05, 4.69) is 44.0 Å². The van der Waals surface area contributed by atoms with Crippen molar-refractivity contribution in [1.29, 1.82) is 0 Å². The van der Waals surface area contributed by atoms with Gasteiger partial charge in [0.2, 0.25) is 0 Å². The fourth-order valence-electron chi connectivity index (χ4n) is 2.38. The smallest absolute Gasteiger partial charge is 0.131 e. The second-order valence-electron chi connectivity index (χ2n) is 4.29. The lowest BCUT2D eigenvalue weighted by Crippen LogP contribution is -2.04. The van der Waals surface area contributed by atoms with Crippen LogP contribution in [0.5, 0.6) is 11.5 Å². The van der Waals surface area contributed by atoms with Crippen molar-refractivity contribution in [2.24, 2.45) is 0 Å². The van der Waals surface area contributed by atoms with Gasteiger partial charge in [0, 0.05) is 32.6 Å². The zero-order valence-corrected chi connectivity index (χ0v) is 14.9. The summed E-state index contributed by atoms with van der Waals surface area (Å²) >= 11 is 7.17. The highest BCUT2D eigenvalue weighted by Gasteiger charge is 2.19. The minimum Gasteiger partial charge on any atom is -0.493 e. The van der Waals surface area contributed by atoms with E-state index in [1.54, 1.807) is 0 Å². The van der Waals surface area contributed by atoms with Gasteiger partial charge in [0.1, 0.15) is 11.5 Å². The van der Waals surface area contributed by atoms with Crippen LogP contribution in [-0.2, 0) is 10.7 Å². The van der Waals surface area contributed by atoms with Gasteiger partial charge in [0.05, 0.1) is 13.2 Å². The lowest BCUT2D eigenvalue weighted by Gasteiger charge is -2.20. The Bertz CT molecular complexity index is 544. The predicted octanol–water partition coefficient (Wildman–Crippen LogP) is 5.43. The Morgan fingerprint density at radius 3 is 1.50 bits per heavy atom. The van der Waals surface area contributed by atoms with E-state index in [4.69, 9.17) is 9.47 Å². The maximum Gasteiger partial charge on any atom is 0.131 e. The summed E-state index contributed by atoms with van der Waals surface area (Å²) in [6.45, 7) is 5.33. The molecular weight excluding hydrogens is 384 g/mol. The van der Waals surface area contributed by atoms with E-state index in [9.17, 15) is 0 Å². The maximum atomic E-state index is 5.91. The number of alkyl halides is 2. The molecule has 0 amide bonds. The molecule has 0 saturated heterocycles. The van der Waals surface area contributed by atoms with Crippen LogP contribution in [0.4, 0.5) is 0 Å². The zero-order valence-electron chi connectivity index (χ0n) is 11.7. The van der Waals surface area contributed by atoms with Crippen molar-refractivity contribution in [3.63, 3.8) is 0 Å². The third-order valence-electron chi connectivity index (χ3n) is 3.17. The molecule has 0 aliphatic rings. The fraction of sp³-hybridized carbons (Fsp3) is 0.375. The van der Waals surface area contributed by atoms with Crippen LogP contribution in [0, 0.1) is 0 Å². The molecule has 2 rings (SSSR count). The molecule has 0 radical (unpaired) electrons. The first-order valence-electron chi connectivity index (χ1n) is 6.72. The molecule has 20 heavy (non-hydrogen) atoms.